The quantitative estimate of drug-likeness (QED) is 0.182. The van der Waals surface area contributed by atoms with E-state index in [4.69, 9.17) is 6.57 Å². The van der Waals surface area contributed by atoms with E-state index >= 15 is 0 Å². The molecule has 8 aromatic rings. The van der Waals surface area contributed by atoms with Crippen molar-refractivity contribution in [1.82, 2.24) is 4.98 Å². The van der Waals surface area contributed by atoms with Crippen LogP contribution in [0.5, 0.6) is 0 Å². The Labute approximate surface area is 273 Å². The molecule has 0 unspecified atom stereocenters. The molecule has 0 saturated heterocycles. The summed E-state index contributed by atoms with van der Waals surface area (Å²) >= 11 is 0. The predicted octanol–water partition coefficient (Wildman–Crippen LogP) is 11.6. The second-order valence-electron chi connectivity index (χ2n) is 12.5. The molecule has 47 heavy (non-hydrogen) atoms. The fraction of sp³-hybridized carbons (Fsp3) is 0.0222. The second-order valence-corrected chi connectivity index (χ2v) is 12.5. The van der Waals surface area contributed by atoms with Gasteiger partial charge in [-0.1, -0.05) is 134 Å². The Bertz CT molecular complexity index is 2610. The summed E-state index contributed by atoms with van der Waals surface area (Å²) in [7, 11) is 0. The summed E-state index contributed by atoms with van der Waals surface area (Å²) in [6.45, 7) is 7.49. The average molecular weight is 595 g/mol. The number of hydrogen-bond acceptors (Lipinski definition) is 1. The van der Waals surface area contributed by atoms with E-state index in [9.17, 15) is 0 Å². The van der Waals surface area contributed by atoms with Gasteiger partial charge in [0.15, 0.2) is 0 Å². The van der Waals surface area contributed by atoms with Crippen LogP contribution >= 0.6 is 0 Å². The highest BCUT2D eigenvalue weighted by Crippen LogP contribution is 2.65. The van der Waals surface area contributed by atoms with Crippen molar-refractivity contribution >= 4 is 27.4 Å². The van der Waals surface area contributed by atoms with Crippen LogP contribution in [0.25, 0.3) is 70.9 Å². The third kappa shape index (κ3) is 3.41. The molecule has 7 aromatic carbocycles. The van der Waals surface area contributed by atoms with Crippen LogP contribution in [0.1, 0.15) is 22.3 Å². The van der Waals surface area contributed by atoms with Crippen molar-refractivity contribution in [3.05, 3.63) is 192 Å². The molecule has 1 aromatic heterocycles. The van der Waals surface area contributed by atoms with E-state index in [1.54, 1.807) is 6.20 Å². The number of rotatable bonds is 2. The number of nitrogens with zero attached hydrogens (tertiary/aromatic N) is 2. The van der Waals surface area contributed by atoms with Gasteiger partial charge in [-0.2, -0.15) is 0 Å². The maximum absolute atomic E-state index is 7.49. The van der Waals surface area contributed by atoms with Crippen LogP contribution in [0, 0.1) is 6.57 Å². The minimum atomic E-state index is -0.450. The molecule has 0 atom stereocenters. The van der Waals surface area contributed by atoms with Gasteiger partial charge in [0.05, 0.1) is 5.41 Å². The fourth-order valence-electron chi connectivity index (χ4n) is 8.52. The lowest BCUT2D eigenvalue weighted by Gasteiger charge is -2.31. The van der Waals surface area contributed by atoms with Crippen LogP contribution in [0.2, 0.25) is 0 Å². The van der Waals surface area contributed by atoms with Crippen LogP contribution in [0.15, 0.2) is 158 Å². The van der Waals surface area contributed by atoms with Crippen LogP contribution in [0.3, 0.4) is 0 Å². The Balaban J connectivity index is 1.36. The molecule has 1 heterocycles. The molecule has 0 fully saturated rings. The zero-order valence-electron chi connectivity index (χ0n) is 25.4. The molecule has 2 heteroatoms. The first-order chi connectivity index (χ1) is 23.3. The lowest BCUT2D eigenvalue weighted by atomic mass is 9.70. The third-order valence-electron chi connectivity index (χ3n) is 10.4. The lowest BCUT2D eigenvalue weighted by molar-refractivity contribution is 0.795. The molecule has 0 amide bonds. The van der Waals surface area contributed by atoms with E-state index in [2.05, 4.69) is 149 Å². The molecule has 1 spiro atoms. The number of pyridine rings is 1. The minimum Gasteiger partial charge on any atom is -0.361 e. The SMILES string of the molecule is [C-]#[N+]c1cc(-c2cccc(-c3cc4c(c5ccccc35)-c3c(ccc5ccccc35)C43c4ccccc4-c4ccccc43)c2)ccn1. The minimum absolute atomic E-state index is 0.404. The standard InChI is InChI=1S/C45H26N2/c1-46-42-26-30(23-24-47-42)29-12-10-13-31(25-29)37-27-41-44(36-18-5-4-15-33(36)37)43-32-14-3-2-11-28(32)21-22-40(43)45(41)38-19-8-6-16-34(38)35-17-7-9-20-39(35)45/h2-27H. The maximum atomic E-state index is 7.49. The number of aromatic nitrogens is 1. The second kappa shape index (κ2) is 9.60. The number of fused-ring (bicyclic) bond motifs is 14. The van der Waals surface area contributed by atoms with E-state index in [0.717, 1.165) is 16.7 Å². The lowest BCUT2D eigenvalue weighted by Crippen LogP contribution is -2.26. The Morgan fingerprint density at radius 1 is 0.447 bits per heavy atom. The van der Waals surface area contributed by atoms with Gasteiger partial charge in [-0.25, -0.2) is 0 Å². The zero-order chi connectivity index (χ0) is 31.1. The highest BCUT2D eigenvalue weighted by Gasteiger charge is 2.52. The van der Waals surface area contributed by atoms with Crippen molar-refractivity contribution in [2.75, 3.05) is 0 Å². The molecular weight excluding hydrogens is 569 g/mol. The Morgan fingerprint density at radius 2 is 1.09 bits per heavy atom. The van der Waals surface area contributed by atoms with Crippen molar-refractivity contribution < 1.29 is 0 Å². The Morgan fingerprint density at radius 3 is 1.87 bits per heavy atom. The molecular formula is C45H26N2. The van der Waals surface area contributed by atoms with Crippen LogP contribution in [-0.2, 0) is 5.41 Å². The summed E-state index contributed by atoms with van der Waals surface area (Å²) < 4.78 is 0. The molecule has 216 valence electrons. The van der Waals surface area contributed by atoms with Gasteiger partial charge in [0.1, 0.15) is 6.20 Å². The summed E-state index contributed by atoms with van der Waals surface area (Å²) in [5, 5.41) is 5.04. The third-order valence-corrected chi connectivity index (χ3v) is 10.4. The van der Waals surface area contributed by atoms with Gasteiger partial charge < -0.3 is 4.85 Å². The molecule has 2 nitrogen and oxygen atoms in total. The molecule has 10 rings (SSSR count). The number of hydrogen-bond donors (Lipinski definition) is 0. The largest absolute Gasteiger partial charge is 0.361 e. The van der Waals surface area contributed by atoms with Crippen molar-refractivity contribution in [1.29, 1.82) is 0 Å². The summed E-state index contributed by atoms with van der Waals surface area (Å²) in [5.41, 5.74) is 14.6. The summed E-state index contributed by atoms with van der Waals surface area (Å²) in [6.07, 6.45) is 1.72. The van der Waals surface area contributed by atoms with E-state index < -0.39 is 5.41 Å². The van der Waals surface area contributed by atoms with E-state index in [0.29, 0.717) is 5.82 Å². The summed E-state index contributed by atoms with van der Waals surface area (Å²) in [6, 6.07) is 55.5. The van der Waals surface area contributed by atoms with Crippen LogP contribution < -0.4 is 0 Å². The smallest absolute Gasteiger partial charge is 0.270 e. The Kier molecular flexibility index (Phi) is 5.30. The normalized spacial score (nSPS) is 13.3. The van der Waals surface area contributed by atoms with Crippen molar-refractivity contribution in [2.24, 2.45) is 0 Å². The molecule has 2 aliphatic rings. The van der Waals surface area contributed by atoms with Gasteiger partial charge in [-0.05, 0) is 113 Å². The predicted molar refractivity (Wildman–Crippen MR) is 193 cm³/mol. The van der Waals surface area contributed by atoms with Gasteiger partial charge in [-0.3, -0.25) is 0 Å². The van der Waals surface area contributed by atoms with Crippen molar-refractivity contribution in [2.45, 2.75) is 5.41 Å². The summed E-state index contributed by atoms with van der Waals surface area (Å²) in [4.78, 5) is 7.78. The fourth-order valence-corrected chi connectivity index (χ4v) is 8.52. The van der Waals surface area contributed by atoms with Crippen molar-refractivity contribution in [3.8, 4) is 44.5 Å². The van der Waals surface area contributed by atoms with Gasteiger partial charge in [0, 0.05) is 0 Å². The van der Waals surface area contributed by atoms with Gasteiger partial charge in [0.2, 0.25) is 0 Å². The number of benzene rings is 7. The van der Waals surface area contributed by atoms with E-state index in [1.807, 2.05) is 12.1 Å². The first kappa shape index (κ1) is 26.0. The first-order valence-corrected chi connectivity index (χ1v) is 16.0. The van der Waals surface area contributed by atoms with Gasteiger partial charge in [0.25, 0.3) is 5.82 Å². The molecule has 0 saturated carbocycles. The van der Waals surface area contributed by atoms with E-state index in [1.165, 1.54) is 71.6 Å². The highest BCUT2D eigenvalue weighted by atomic mass is 14.8. The van der Waals surface area contributed by atoms with Crippen molar-refractivity contribution in [3.63, 3.8) is 0 Å². The maximum Gasteiger partial charge on any atom is 0.270 e. The monoisotopic (exact) mass is 594 g/mol. The molecule has 0 aliphatic heterocycles. The topological polar surface area (TPSA) is 17.2 Å². The average Bonchev–Trinajstić information content (AvgIpc) is 3.62. The highest BCUT2D eigenvalue weighted by molar-refractivity contribution is 6.16. The first-order valence-electron chi connectivity index (χ1n) is 16.0. The van der Waals surface area contributed by atoms with Crippen LogP contribution in [-0.4, -0.2) is 4.98 Å². The Hall–Kier alpha value is -6.30. The molecule has 0 bridgehead atoms. The zero-order valence-corrected chi connectivity index (χ0v) is 25.4. The molecule has 0 N–H and O–H groups in total. The van der Waals surface area contributed by atoms with Crippen LogP contribution in [0.4, 0.5) is 5.82 Å². The molecule has 0 radical (unpaired) electrons. The van der Waals surface area contributed by atoms with Gasteiger partial charge in [-0.15, -0.1) is 4.98 Å². The summed E-state index contributed by atoms with van der Waals surface area (Å²) in [5.74, 6) is 0.404. The molecule has 2 aliphatic carbocycles. The van der Waals surface area contributed by atoms with Gasteiger partial charge >= 0.3 is 0 Å². The van der Waals surface area contributed by atoms with E-state index in [-0.39, 0.29) is 0 Å².